The molecular weight excluding hydrogens is 234 g/mol. The summed E-state index contributed by atoms with van der Waals surface area (Å²) in [6.07, 6.45) is 1.97. The van der Waals surface area contributed by atoms with Crippen LogP contribution < -0.4 is 10.3 Å². The molecule has 0 aromatic heterocycles. The molecule has 0 amide bonds. The molecule has 2 N–H and O–H groups in total. The van der Waals surface area contributed by atoms with Crippen molar-refractivity contribution < 1.29 is 4.99 Å². The molecule has 0 radical (unpaired) electrons. The van der Waals surface area contributed by atoms with Gasteiger partial charge in [-0.25, -0.2) is 0 Å². The number of amidine groups is 1. The van der Waals surface area contributed by atoms with Crippen molar-refractivity contribution >= 4 is 5.84 Å². The zero-order valence-corrected chi connectivity index (χ0v) is 10.9. The minimum absolute atomic E-state index is 0.679. The second-order valence-electron chi connectivity index (χ2n) is 4.32. The van der Waals surface area contributed by atoms with Crippen LogP contribution in [0.3, 0.4) is 0 Å². The quantitative estimate of drug-likeness (QED) is 0.371. The molecule has 0 unspecified atom stereocenters. The Kier molecular flexibility index (Phi) is 4.30. The van der Waals surface area contributed by atoms with Crippen LogP contribution in [0.2, 0.25) is 0 Å². The van der Waals surface area contributed by atoms with Crippen molar-refractivity contribution in [1.29, 1.82) is 5.26 Å². The van der Waals surface area contributed by atoms with Crippen LogP contribution in [0.1, 0.15) is 16.7 Å². The van der Waals surface area contributed by atoms with Crippen LogP contribution >= 0.6 is 0 Å². The molecule has 0 atom stereocenters. The van der Waals surface area contributed by atoms with Crippen LogP contribution in [-0.4, -0.2) is 5.84 Å². The van der Waals surface area contributed by atoms with E-state index in [1.54, 1.807) is 0 Å². The van der Waals surface area contributed by atoms with E-state index < -0.39 is 0 Å². The van der Waals surface area contributed by atoms with E-state index in [0.29, 0.717) is 6.54 Å². The summed E-state index contributed by atoms with van der Waals surface area (Å²) in [7, 11) is 0. The zero-order valence-electron chi connectivity index (χ0n) is 10.9. The fraction of sp³-hybridized carbons (Fsp3) is 0.125. The summed E-state index contributed by atoms with van der Waals surface area (Å²) in [5.74, 6) is 0.728. The van der Waals surface area contributed by atoms with Crippen LogP contribution in [-0.2, 0) is 6.54 Å². The molecular formula is C16H16N3+. The smallest absolute Gasteiger partial charge is 0.269 e. The van der Waals surface area contributed by atoms with Crippen molar-refractivity contribution in [1.82, 2.24) is 5.32 Å². The van der Waals surface area contributed by atoms with Crippen LogP contribution in [0.5, 0.6) is 0 Å². The van der Waals surface area contributed by atoms with E-state index in [0.717, 1.165) is 11.4 Å². The third-order valence-electron chi connectivity index (χ3n) is 2.83. The van der Waals surface area contributed by atoms with Gasteiger partial charge in [0.15, 0.2) is 0 Å². The lowest BCUT2D eigenvalue weighted by Crippen LogP contribution is -2.74. The van der Waals surface area contributed by atoms with Gasteiger partial charge in [-0.15, -0.1) is 5.26 Å². The molecule has 2 rings (SSSR count). The highest BCUT2D eigenvalue weighted by Gasteiger charge is 2.08. The Bertz CT molecular complexity index is 592. The minimum atomic E-state index is 0.679. The Morgan fingerprint density at radius 3 is 2.42 bits per heavy atom. The molecule has 0 aliphatic rings. The van der Waals surface area contributed by atoms with E-state index in [4.69, 9.17) is 5.26 Å². The maximum atomic E-state index is 8.83. The Morgan fingerprint density at radius 1 is 1.11 bits per heavy atom. The fourth-order valence-electron chi connectivity index (χ4n) is 1.78. The highest BCUT2D eigenvalue weighted by atomic mass is 15.0. The first-order chi connectivity index (χ1) is 9.29. The predicted octanol–water partition coefficient (Wildman–Crippen LogP) is 1.09. The SMILES string of the molecule is Cc1ccc(C(NC#N)=[NH+]Cc2ccccc2)cc1. The second kappa shape index (κ2) is 6.36. The first-order valence-electron chi connectivity index (χ1n) is 6.16. The normalized spacial score (nSPS) is 10.8. The first kappa shape index (κ1) is 12.8. The van der Waals surface area contributed by atoms with Gasteiger partial charge in [-0.2, -0.15) is 5.32 Å². The summed E-state index contributed by atoms with van der Waals surface area (Å²) in [6.45, 7) is 2.72. The summed E-state index contributed by atoms with van der Waals surface area (Å²) < 4.78 is 0. The predicted molar refractivity (Wildman–Crippen MR) is 75.1 cm³/mol. The van der Waals surface area contributed by atoms with Crippen LogP contribution in [0.15, 0.2) is 54.6 Å². The van der Waals surface area contributed by atoms with Crippen LogP contribution in [0.25, 0.3) is 0 Å². The molecule has 3 heteroatoms. The molecule has 0 heterocycles. The number of nitrogens with zero attached hydrogens (tertiary/aromatic N) is 1. The largest absolute Gasteiger partial charge is 0.289 e. The maximum Gasteiger partial charge on any atom is 0.289 e. The van der Waals surface area contributed by atoms with Crippen molar-refractivity contribution in [2.45, 2.75) is 13.5 Å². The molecule has 0 saturated carbocycles. The Morgan fingerprint density at radius 2 is 1.79 bits per heavy atom. The van der Waals surface area contributed by atoms with Crippen molar-refractivity contribution in [2.75, 3.05) is 0 Å². The number of benzene rings is 2. The van der Waals surface area contributed by atoms with Gasteiger partial charge in [0.05, 0.1) is 5.56 Å². The Labute approximate surface area is 113 Å². The van der Waals surface area contributed by atoms with Gasteiger partial charge < -0.3 is 0 Å². The third kappa shape index (κ3) is 3.68. The van der Waals surface area contributed by atoms with Crippen LogP contribution in [0, 0.1) is 18.4 Å². The van der Waals surface area contributed by atoms with Gasteiger partial charge in [-0.05, 0) is 24.6 Å². The molecule has 19 heavy (non-hydrogen) atoms. The molecule has 0 fully saturated rings. The average molecular weight is 250 g/mol. The molecule has 0 saturated heterocycles. The van der Waals surface area contributed by atoms with E-state index >= 15 is 0 Å². The Balaban J connectivity index is 2.20. The summed E-state index contributed by atoms with van der Waals surface area (Å²) in [5, 5.41) is 11.5. The highest BCUT2D eigenvalue weighted by molar-refractivity contribution is 5.95. The summed E-state index contributed by atoms with van der Waals surface area (Å²) in [6, 6.07) is 18.1. The lowest BCUT2D eigenvalue weighted by Gasteiger charge is -2.00. The fourth-order valence-corrected chi connectivity index (χ4v) is 1.78. The third-order valence-corrected chi connectivity index (χ3v) is 2.83. The molecule has 94 valence electrons. The summed E-state index contributed by atoms with van der Waals surface area (Å²) >= 11 is 0. The van der Waals surface area contributed by atoms with Crippen molar-refractivity contribution in [3.63, 3.8) is 0 Å². The second-order valence-corrected chi connectivity index (χ2v) is 4.32. The monoisotopic (exact) mass is 250 g/mol. The van der Waals surface area contributed by atoms with E-state index in [1.165, 1.54) is 11.1 Å². The number of rotatable bonds is 3. The van der Waals surface area contributed by atoms with Gasteiger partial charge in [-0.1, -0.05) is 48.0 Å². The van der Waals surface area contributed by atoms with E-state index in [1.807, 2.05) is 67.7 Å². The van der Waals surface area contributed by atoms with Crippen molar-refractivity contribution in [3.8, 4) is 6.19 Å². The molecule has 3 nitrogen and oxygen atoms in total. The lowest BCUT2D eigenvalue weighted by atomic mass is 10.1. The molecule has 2 aromatic carbocycles. The van der Waals surface area contributed by atoms with E-state index in [-0.39, 0.29) is 0 Å². The van der Waals surface area contributed by atoms with Crippen LogP contribution in [0.4, 0.5) is 0 Å². The van der Waals surface area contributed by atoms with Gasteiger partial charge in [0.1, 0.15) is 6.54 Å². The number of hydrogen-bond acceptors (Lipinski definition) is 1. The highest BCUT2D eigenvalue weighted by Crippen LogP contribution is 2.01. The molecule has 0 spiro atoms. The van der Waals surface area contributed by atoms with E-state index in [9.17, 15) is 0 Å². The zero-order chi connectivity index (χ0) is 13.5. The van der Waals surface area contributed by atoms with Crippen molar-refractivity contribution in [2.24, 2.45) is 0 Å². The van der Waals surface area contributed by atoms with Gasteiger partial charge in [0.25, 0.3) is 12.0 Å². The Hall–Kier alpha value is -2.60. The number of nitriles is 1. The topological polar surface area (TPSA) is 49.8 Å². The number of hydrogen-bond donors (Lipinski definition) is 2. The van der Waals surface area contributed by atoms with Gasteiger partial charge >= 0.3 is 0 Å². The van der Waals surface area contributed by atoms with Crippen molar-refractivity contribution in [3.05, 3.63) is 71.3 Å². The summed E-state index contributed by atoms with van der Waals surface area (Å²) in [5.41, 5.74) is 3.35. The molecule has 2 aromatic rings. The van der Waals surface area contributed by atoms with Gasteiger partial charge in [0.2, 0.25) is 0 Å². The molecule has 0 aliphatic carbocycles. The van der Waals surface area contributed by atoms with Gasteiger partial charge in [0, 0.05) is 0 Å². The molecule has 0 aliphatic heterocycles. The maximum absolute atomic E-state index is 8.83. The molecule has 0 bridgehead atoms. The lowest BCUT2D eigenvalue weighted by molar-refractivity contribution is -0.476. The first-order valence-corrected chi connectivity index (χ1v) is 6.16. The minimum Gasteiger partial charge on any atom is -0.269 e. The van der Waals surface area contributed by atoms with E-state index in [2.05, 4.69) is 10.3 Å². The average Bonchev–Trinajstić information content (AvgIpc) is 2.46. The van der Waals surface area contributed by atoms with Gasteiger partial charge in [-0.3, -0.25) is 4.99 Å². The summed E-state index contributed by atoms with van der Waals surface area (Å²) in [4.78, 5) is 3.26. The number of nitrogens with one attached hydrogen (secondary N) is 2. The standard InChI is InChI=1S/C16H15N3/c1-13-7-9-15(10-8-13)16(19-12-17)18-11-14-5-3-2-4-6-14/h2-10H,11H2,1H3,(H,18,19)/p+1. The number of aryl methyl sites for hydroxylation is 1.